The summed E-state index contributed by atoms with van der Waals surface area (Å²) in [6.45, 7) is 0. The average molecular weight is 591 g/mol. The maximum atomic E-state index is 14.6. The first-order valence-electron chi connectivity index (χ1n) is 16.4. The van der Waals surface area contributed by atoms with Crippen LogP contribution in [-0.2, 0) is 9.59 Å². The van der Waals surface area contributed by atoms with E-state index in [1.165, 1.54) is 0 Å². The van der Waals surface area contributed by atoms with Crippen LogP contribution < -0.4 is 10.6 Å². The summed E-state index contributed by atoms with van der Waals surface area (Å²) in [7, 11) is 0. The molecular formula is C38H42N2O4. The molecule has 0 aliphatic heterocycles. The quantitative estimate of drug-likeness (QED) is 0.170. The number of fused-ring (bicyclic) bond motifs is 2. The van der Waals surface area contributed by atoms with Gasteiger partial charge in [-0.1, -0.05) is 104 Å². The Labute approximate surface area is 258 Å². The van der Waals surface area contributed by atoms with Crippen LogP contribution in [0.4, 0.5) is 0 Å². The molecule has 3 aliphatic rings. The van der Waals surface area contributed by atoms with Crippen LogP contribution in [0, 0.1) is 5.41 Å². The van der Waals surface area contributed by atoms with Crippen molar-refractivity contribution >= 4 is 33.4 Å². The van der Waals surface area contributed by atoms with Gasteiger partial charge in [0, 0.05) is 0 Å². The Bertz CT molecular complexity index is 1570. The third kappa shape index (κ3) is 4.89. The molecule has 0 saturated heterocycles. The predicted octanol–water partition coefficient (Wildman–Crippen LogP) is 6.79. The summed E-state index contributed by atoms with van der Waals surface area (Å²) in [4.78, 5) is 29.2. The number of amides is 2. The third-order valence-corrected chi connectivity index (χ3v) is 10.9. The summed E-state index contributed by atoms with van der Waals surface area (Å²) < 4.78 is 0. The molecule has 6 heteroatoms. The van der Waals surface area contributed by atoms with E-state index in [0.29, 0.717) is 38.5 Å². The van der Waals surface area contributed by atoms with Crippen LogP contribution in [0.25, 0.3) is 21.5 Å². The van der Waals surface area contributed by atoms with Crippen molar-refractivity contribution < 1.29 is 19.8 Å². The number of hydrogen-bond acceptors (Lipinski definition) is 4. The normalized spacial score (nSPS) is 21.4. The Morgan fingerprint density at radius 2 is 0.932 bits per heavy atom. The van der Waals surface area contributed by atoms with Crippen molar-refractivity contribution in [2.24, 2.45) is 5.41 Å². The maximum absolute atomic E-state index is 14.6. The molecule has 0 spiro atoms. The van der Waals surface area contributed by atoms with E-state index >= 15 is 0 Å². The number of carbonyl (C=O) groups excluding carboxylic acids is 2. The molecule has 3 fully saturated rings. The number of hydrogen-bond donors (Lipinski definition) is 4. The highest BCUT2D eigenvalue weighted by Crippen LogP contribution is 2.47. The molecule has 2 amide bonds. The first kappa shape index (κ1) is 29.0. The summed E-state index contributed by atoms with van der Waals surface area (Å²) in [6.07, 6.45) is 7.55. The smallest absolute Gasteiger partial charge is 0.236 e. The monoisotopic (exact) mass is 590 g/mol. The van der Waals surface area contributed by atoms with E-state index in [9.17, 15) is 19.8 Å². The first-order valence-corrected chi connectivity index (χ1v) is 16.4. The minimum absolute atomic E-state index is 0.328. The van der Waals surface area contributed by atoms with Gasteiger partial charge in [0.25, 0.3) is 0 Å². The van der Waals surface area contributed by atoms with Crippen molar-refractivity contribution in [3.05, 3.63) is 96.1 Å². The van der Waals surface area contributed by atoms with Crippen molar-refractivity contribution in [1.82, 2.24) is 10.6 Å². The van der Waals surface area contributed by atoms with Gasteiger partial charge >= 0.3 is 0 Å². The number of rotatable bonds is 8. The number of benzene rings is 4. The van der Waals surface area contributed by atoms with E-state index in [1.54, 1.807) is 0 Å². The van der Waals surface area contributed by atoms with Gasteiger partial charge in [0.1, 0.15) is 5.41 Å². The third-order valence-electron chi connectivity index (χ3n) is 10.9. The number of aliphatic hydroxyl groups is 2. The molecule has 0 bridgehead atoms. The zero-order chi connectivity index (χ0) is 30.4. The summed E-state index contributed by atoms with van der Waals surface area (Å²) in [5.74, 6) is -0.657. The second-order valence-corrected chi connectivity index (χ2v) is 13.5. The number of nitrogens with one attached hydrogen (secondary N) is 2. The van der Waals surface area contributed by atoms with Crippen LogP contribution in [0.1, 0.15) is 93.8 Å². The molecule has 0 radical (unpaired) electrons. The lowest BCUT2D eigenvalue weighted by atomic mass is 9.68. The molecule has 3 saturated carbocycles. The summed E-state index contributed by atoms with van der Waals surface area (Å²) in [6, 6.07) is 26.8. The molecule has 0 unspecified atom stereocenters. The zero-order valence-corrected chi connectivity index (χ0v) is 25.2. The second kappa shape index (κ2) is 11.3. The fourth-order valence-electron chi connectivity index (χ4n) is 7.91. The van der Waals surface area contributed by atoms with E-state index < -0.39 is 28.7 Å². The van der Waals surface area contributed by atoms with Gasteiger partial charge < -0.3 is 20.8 Å². The number of carbonyl (C=O) groups is 2. The van der Waals surface area contributed by atoms with E-state index in [4.69, 9.17) is 0 Å². The molecule has 3 aliphatic carbocycles. The molecule has 4 N–H and O–H groups in total. The van der Waals surface area contributed by atoms with Gasteiger partial charge in [-0.05, 0) is 84.0 Å². The van der Waals surface area contributed by atoms with Gasteiger partial charge in [-0.3, -0.25) is 9.59 Å². The Morgan fingerprint density at radius 3 is 1.34 bits per heavy atom. The molecule has 0 heterocycles. The van der Waals surface area contributed by atoms with Crippen molar-refractivity contribution in [3.8, 4) is 0 Å². The largest absolute Gasteiger partial charge is 0.387 e. The minimum Gasteiger partial charge on any atom is -0.387 e. The Morgan fingerprint density at radius 1 is 0.523 bits per heavy atom. The molecule has 7 rings (SSSR count). The van der Waals surface area contributed by atoms with E-state index in [2.05, 4.69) is 10.6 Å². The Kier molecular flexibility index (Phi) is 7.46. The molecule has 228 valence electrons. The minimum atomic E-state index is -1.29. The lowest BCUT2D eigenvalue weighted by Crippen LogP contribution is -2.59. The first-order chi connectivity index (χ1) is 21.3. The van der Waals surface area contributed by atoms with E-state index in [-0.39, 0.29) is 11.8 Å². The van der Waals surface area contributed by atoms with E-state index in [1.807, 2.05) is 84.9 Å². The summed E-state index contributed by atoms with van der Waals surface area (Å²) >= 11 is 0. The predicted molar refractivity (Wildman–Crippen MR) is 173 cm³/mol. The summed E-state index contributed by atoms with van der Waals surface area (Å²) in [5.41, 5.74) is -1.67. The van der Waals surface area contributed by atoms with Crippen LogP contribution in [0.5, 0.6) is 0 Å². The van der Waals surface area contributed by atoms with Crippen LogP contribution in [-0.4, -0.2) is 33.2 Å². The van der Waals surface area contributed by atoms with E-state index in [0.717, 1.165) is 64.8 Å². The van der Waals surface area contributed by atoms with Crippen LogP contribution >= 0.6 is 0 Å². The molecule has 4 aromatic rings. The fraction of sp³-hybridized carbons (Fsp3) is 0.421. The highest BCUT2D eigenvalue weighted by atomic mass is 16.3. The van der Waals surface area contributed by atoms with Gasteiger partial charge in [0.05, 0.1) is 23.3 Å². The van der Waals surface area contributed by atoms with Gasteiger partial charge in [0.15, 0.2) is 0 Å². The van der Waals surface area contributed by atoms with Gasteiger partial charge in [0.2, 0.25) is 11.8 Å². The molecule has 6 nitrogen and oxygen atoms in total. The standard InChI is InChI=1S/C38H42N2O4/c41-34(39-32(37(43)22-10-23-37)30-18-8-14-26-12-2-4-16-28(26)30)36(20-6-1-7-21-36)35(42)40-33(38(44)24-11-25-38)31-19-9-15-27-13-3-5-17-29(27)31/h2-5,8-9,12-19,32-33,43-44H,1,6-7,10-11,20-25H2,(H,39,41)(H,40,42)/t32-,33-/m0/s1. The van der Waals surface area contributed by atoms with Gasteiger partial charge in [-0.2, -0.15) is 0 Å². The average Bonchev–Trinajstić information content (AvgIpc) is 3.03. The zero-order valence-electron chi connectivity index (χ0n) is 25.2. The molecule has 2 atom stereocenters. The van der Waals surface area contributed by atoms with Crippen molar-refractivity contribution in [3.63, 3.8) is 0 Å². The molecule has 4 aromatic carbocycles. The molecule has 44 heavy (non-hydrogen) atoms. The highest BCUT2D eigenvalue weighted by Gasteiger charge is 2.53. The Hall–Kier alpha value is -3.74. The lowest BCUT2D eigenvalue weighted by Gasteiger charge is -2.47. The van der Waals surface area contributed by atoms with Crippen molar-refractivity contribution in [2.45, 2.75) is 93.9 Å². The lowest BCUT2D eigenvalue weighted by molar-refractivity contribution is -0.152. The van der Waals surface area contributed by atoms with Gasteiger partial charge in [-0.15, -0.1) is 0 Å². The van der Waals surface area contributed by atoms with Gasteiger partial charge in [-0.25, -0.2) is 0 Å². The maximum Gasteiger partial charge on any atom is 0.236 e. The molecule has 0 aromatic heterocycles. The summed E-state index contributed by atoms with van der Waals surface area (Å²) in [5, 5.41) is 34.1. The second-order valence-electron chi connectivity index (χ2n) is 13.5. The Balaban J connectivity index is 1.25. The van der Waals surface area contributed by atoms with Crippen LogP contribution in [0.3, 0.4) is 0 Å². The van der Waals surface area contributed by atoms with Crippen LogP contribution in [0.2, 0.25) is 0 Å². The van der Waals surface area contributed by atoms with Crippen molar-refractivity contribution in [2.75, 3.05) is 0 Å². The SMILES string of the molecule is O=C(N[C@@H](c1cccc2ccccc12)C1(O)CCC1)C1(C(=O)N[C@@H](c2cccc3ccccc23)C2(O)CCC2)CCCCC1. The fourth-order valence-corrected chi connectivity index (χ4v) is 7.91. The molecular weight excluding hydrogens is 548 g/mol. The topological polar surface area (TPSA) is 98.7 Å². The van der Waals surface area contributed by atoms with Crippen LogP contribution in [0.15, 0.2) is 84.9 Å². The highest BCUT2D eigenvalue weighted by molar-refractivity contribution is 6.06. The van der Waals surface area contributed by atoms with Crippen molar-refractivity contribution in [1.29, 1.82) is 0 Å².